The molecule has 0 aliphatic carbocycles. The van der Waals surface area contributed by atoms with Crippen LogP contribution in [0.4, 0.5) is 0 Å². The average Bonchev–Trinajstić information content (AvgIpc) is 2.82. The van der Waals surface area contributed by atoms with Crippen LogP contribution < -0.4 is 4.74 Å². The van der Waals surface area contributed by atoms with Gasteiger partial charge in [0.1, 0.15) is 23.3 Å². The molecule has 18 heavy (non-hydrogen) atoms. The maximum absolute atomic E-state index is 5.71. The number of pyridine rings is 1. The van der Waals surface area contributed by atoms with Crippen LogP contribution >= 0.6 is 11.6 Å². The number of halogens is 1. The minimum absolute atomic E-state index is 0.413. The van der Waals surface area contributed by atoms with Crippen molar-refractivity contribution >= 4 is 11.6 Å². The highest BCUT2D eigenvalue weighted by molar-refractivity contribution is 6.29. The van der Waals surface area contributed by atoms with E-state index in [0.29, 0.717) is 17.5 Å². The summed E-state index contributed by atoms with van der Waals surface area (Å²) in [7, 11) is 0. The molecule has 0 fully saturated rings. The summed E-state index contributed by atoms with van der Waals surface area (Å²) in [5.74, 6) is 2.63. The van der Waals surface area contributed by atoms with Gasteiger partial charge in [-0.2, -0.15) is 0 Å². The van der Waals surface area contributed by atoms with Crippen molar-refractivity contribution in [3.05, 3.63) is 35.1 Å². The monoisotopic (exact) mass is 264 g/mol. The predicted molar refractivity (Wildman–Crippen MR) is 66.5 cm³/mol. The van der Waals surface area contributed by atoms with Gasteiger partial charge in [0.25, 0.3) is 0 Å². The fourth-order valence-electron chi connectivity index (χ4n) is 2.07. The van der Waals surface area contributed by atoms with Gasteiger partial charge in [-0.05, 0) is 25.0 Å². The number of aryl methyl sites for hydroxylation is 1. The molecule has 0 amide bonds. The molecule has 0 spiro atoms. The second-order valence-electron chi connectivity index (χ2n) is 4.25. The molecule has 3 heterocycles. The van der Waals surface area contributed by atoms with Gasteiger partial charge in [0, 0.05) is 13.0 Å². The third-order valence-electron chi connectivity index (χ3n) is 3.00. The van der Waals surface area contributed by atoms with Crippen molar-refractivity contribution in [2.75, 3.05) is 0 Å². The van der Waals surface area contributed by atoms with Crippen LogP contribution in [0, 0.1) is 0 Å². The standard InChI is InChI=1S/C12H13ClN4O/c13-10-5-4-9(7-14-10)18-8-12-16-15-11-3-1-2-6-17(11)12/h4-5,7H,1-3,6,8H2. The molecular formula is C12H13ClN4O. The SMILES string of the molecule is Clc1ccc(OCc2nnc3n2CCCC3)cn1. The first-order valence-electron chi connectivity index (χ1n) is 5.98. The Bertz CT molecular complexity index is 538. The van der Waals surface area contributed by atoms with Gasteiger partial charge in [-0.15, -0.1) is 10.2 Å². The molecule has 0 N–H and O–H groups in total. The lowest BCUT2D eigenvalue weighted by atomic mass is 10.2. The van der Waals surface area contributed by atoms with Crippen LogP contribution in [0.25, 0.3) is 0 Å². The number of nitrogens with zero attached hydrogens (tertiary/aromatic N) is 4. The number of aromatic nitrogens is 4. The number of hydrogen-bond acceptors (Lipinski definition) is 4. The third-order valence-corrected chi connectivity index (χ3v) is 3.23. The molecule has 3 rings (SSSR count). The number of rotatable bonds is 3. The Hall–Kier alpha value is -1.62. The second-order valence-corrected chi connectivity index (χ2v) is 4.63. The van der Waals surface area contributed by atoms with E-state index in [1.165, 1.54) is 12.8 Å². The van der Waals surface area contributed by atoms with Crippen LogP contribution in [0.5, 0.6) is 5.75 Å². The molecule has 0 saturated heterocycles. The summed E-state index contributed by atoms with van der Waals surface area (Å²) >= 11 is 5.71. The van der Waals surface area contributed by atoms with Gasteiger partial charge in [-0.1, -0.05) is 11.6 Å². The summed E-state index contributed by atoms with van der Waals surface area (Å²) < 4.78 is 7.77. The number of fused-ring (bicyclic) bond motifs is 1. The molecule has 1 aliphatic heterocycles. The van der Waals surface area contributed by atoms with E-state index < -0.39 is 0 Å². The van der Waals surface area contributed by atoms with Gasteiger partial charge in [-0.25, -0.2) is 4.98 Å². The average molecular weight is 265 g/mol. The largest absolute Gasteiger partial charge is 0.484 e. The molecule has 0 saturated carbocycles. The van der Waals surface area contributed by atoms with E-state index in [-0.39, 0.29) is 0 Å². The maximum Gasteiger partial charge on any atom is 0.171 e. The van der Waals surface area contributed by atoms with Crippen molar-refractivity contribution < 1.29 is 4.74 Å². The van der Waals surface area contributed by atoms with Crippen molar-refractivity contribution in [2.45, 2.75) is 32.4 Å². The fourth-order valence-corrected chi connectivity index (χ4v) is 2.18. The summed E-state index contributed by atoms with van der Waals surface area (Å²) in [6.07, 6.45) is 4.99. The van der Waals surface area contributed by atoms with Crippen LogP contribution in [-0.4, -0.2) is 19.7 Å². The summed E-state index contributed by atoms with van der Waals surface area (Å²) in [4.78, 5) is 3.96. The van der Waals surface area contributed by atoms with Crippen LogP contribution in [0.2, 0.25) is 5.15 Å². The molecular weight excluding hydrogens is 252 g/mol. The van der Waals surface area contributed by atoms with Crippen molar-refractivity contribution in [3.63, 3.8) is 0 Å². The van der Waals surface area contributed by atoms with E-state index in [2.05, 4.69) is 19.7 Å². The molecule has 2 aromatic heterocycles. The minimum atomic E-state index is 0.413. The molecule has 0 bridgehead atoms. The van der Waals surface area contributed by atoms with Crippen molar-refractivity contribution in [3.8, 4) is 5.75 Å². The Morgan fingerprint density at radius 3 is 3.06 bits per heavy atom. The second kappa shape index (κ2) is 4.94. The molecule has 94 valence electrons. The molecule has 1 aliphatic rings. The summed E-state index contributed by atoms with van der Waals surface area (Å²) in [6, 6.07) is 3.50. The zero-order chi connectivity index (χ0) is 12.4. The highest BCUT2D eigenvalue weighted by Crippen LogP contribution is 2.17. The van der Waals surface area contributed by atoms with Crippen LogP contribution in [0.1, 0.15) is 24.5 Å². The maximum atomic E-state index is 5.71. The zero-order valence-corrected chi connectivity index (χ0v) is 10.6. The fraction of sp³-hybridized carbons (Fsp3) is 0.417. The van der Waals surface area contributed by atoms with Gasteiger partial charge in [0.15, 0.2) is 5.82 Å². The highest BCUT2D eigenvalue weighted by Gasteiger charge is 2.15. The quantitative estimate of drug-likeness (QED) is 0.798. The Morgan fingerprint density at radius 1 is 1.28 bits per heavy atom. The topological polar surface area (TPSA) is 52.8 Å². The lowest BCUT2D eigenvalue weighted by Crippen LogP contribution is -2.14. The van der Waals surface area contributed by atoms with Gasteiger partial charge < -0.3 is 9.30 Å². The van der Waals surface area contributed by atoms with Gasteiger partial charge in [-0.3, -0.25) is 0 Å². The van der Waals surface area contributed by atoms with Gasteiger partial charge >= 0.3 is 0 Å². The minimum Gasteiger partial charge on any atom is -0.484 e. The highest BCUT2D eigenvalue weighted by atomic mass is 35.5. The number of ether oxygens (including phenoxy) is 1. The Labute approximate surface area is 110 Å². The van der Waals surface area contributed by atoms with Gasteiger partial charge in [0.05, 0.1) is 6.20 Å². The Morgan fingerprint density at radius 2 is 2.22 bits per heavy atom. The van der Waals surface area contributed by atoms with E-state index in [1.807, 2.05) is 0 Å². The third kappa shape index (κ3) is 2.31. The number of hydrogen-bond donors (Lipinski definition) is 0. The first kappa shape index (κ1) is 11.5. The van der Waals surface area contributed by atoms with Crippen LogP contribution in [0.3, 0.4) is 0 Å². The van der Waals surface area contributed by atoms with E-state index >= 15 is 0 Å². The Kier molecular flexibility index (Phi) is 3.15. The molecule has 0 radical (unpaired) electrons. The molecule has 0 unspecified atom stereocenters. The smallest absolute Gasteiger partial charge is 0.171 e. The van der Waals surface area contributed by atoms with Crippen LogP contribution in [-0.2, 0) is 19.6 Å². The summed E-state index contributed by atoms with van der Waals surface area (Å²) in [6.45, 7) is 1.40. The lowest BCUT2D eigenvalue weighted by Gasteiger charge is -2.14. The first-order chi connectivity index (χ1) is 8.83. The predicted octanol–water partition coefficient (Wildman–Crippen LogP) is 2.24. The molecule has 2 aromatic rings. The van der Waals surface area contributed by atoms with E-state index in [4.69, 9.17) is 16.3 Å². The molecule has 0 atom stereocenters. The van der Waals surface area contributed by atoms with Crippen LogP contribution in [0.15, 0.2) is 18.3 Å². The normalized spacial score (nSPS) is 14.3. The van der Waals surface area contributed by atoms with Crippen molar-refractivity contribution in [2.24, 2.45) is 0 Å². The molecule has 5 nitrogen and oxygen atoms in total. The Balaban J connectivity index is 1.70. The van der Waals surface area contributed by atoms with Gasteiger partial charge in [0.2, 0.25) is 0 Å². The van der Waals surface area contributed by atoms with E-state index in [9.17, 15) is 0 Å². The zero-order valence-electron chi connectivity index (χ0n) is 9.84. The summed E-state index contributed by atoms with van der Waals surface area (Å²) in [5.41, 5.74) is 0. The first-order valence-corrected chi connectivity index (χ1v) is 6.36. The molecule has 6 heteroatoms. The van der Waals surface area contributed by atoms with E-state index in [1.54, 1.807) is 18.3 Å². The molecule has 0 aromatic carbocycles. The van der Waals surface area contributed by atoms with E-state index in [0.717, 1.165) is 24.6 Å². The summed E-state index contributed by atoms with van der Waals surface area (Å²) in [5, 5.41) is 8.81. The van der Waals surface area contributed by atoms with Crippen molar-refractivity contribution in [1.29, 1.82) is 0 Å². The van der Waals surface area contributed by atoms with Crippen molar-refractivity contribution in [1.82, 2.24) is 19.7 Å². The lowest BCUT2D eigenvalue weighted by molar-refractivity contribution is 0.285.